The molecule has 1 aromatic heterocycles. The summed E-state index contributed by atoms with van der Waals surface area (Å²) in [5.41, 5.74) is 0.594. The van der Waals surface area contributed by atoms with Crippen LogP contribution in [0.3, 0.4) is 0 Å². The highest BCUT2D eigenvalue weighted by atomic mass is 19.1. The predicted molar refractivity (Wildman–Crippen MR) is 89.7 cm³/mol. The van der Waals surface area contributed by atoms with E-state index in [0.717, 1.165) is 17.7 Å². The molecule has 1 heterocycles. The number of benzene rings is 2. The van der Waals surface area contributed by atoms with E-state index in [9.17, 15) is 18.4 Å². The lowest BCUT2D eigenvalue weighted by molar-refractivity contribution is 0.0984. The third-order valence-corrected chi connectivity index (χ3v) is 4.04. The topological polar surface area (TPSA) is 39.1 Å². The van der Waals surface area contributed by atoms with Gasteiger partial charge in [0, 0.05) is 13.5 Å². The van der Waals surface area contributed by atoms with Crippen LogP contribution in [0.2, 0.25) is 0 Å². The van der Waals surface area contributed by atoms with Crippen molar-refractivity contribution < 1.29 is 18.4 Å². The van der Waals surface area contributed by atoms with Crippen LogP contribution in [-0.4, -0.2) is 16.1 Å². The zero-order valence-electron chi connectivity index (χ0n) is 13.5. The Morgan fingerprint density at radius 2 is 1.44 bits per heavy atom. The van der Waals surface area contributed by atoms with Gasteiger partial charge in [-0.15, -0.1) is 0 Å². The van der Waals surface area contributed by atoms with Crippen molar-refractivity contribution in [1.29, 1.82) is 0 Å². The van der Waals surface area contributed by atoms with E-state index < -0.39 is 23.0 Å². The number of hydrogen-bond donors (Lipinski definition) is 0. The Bertz CT molecular complexity index is 925. The Kier molecular flexibility index (Phi) is 4.57. The molecule has 0 N–H and O–H groups in total. The summed E-state index contributed by atoms with van der Waals surface area (Å²) in [4.78, 5) is 25.0. The van der Waals surface area contributed by atoms with Gasteiger partial charge >= 0.3 is 0 Å². The van der Waals surface area contributed by atoms with Gasteiger partial charge in [0.25, 0.3) is 0 Å². The van der Waals surface area contributed by atoms with E-state index in [2.05, 4.69) is 0 Å². The molecule has 0 aliphatic rings. The minimum absolute atomic E-state index is 0.0559. The number of ketones is 2. The summed E-state index contributed by atoms with van der Waals surface area (Å²) in [6.45, 7) is 0. The molecular weight excluding hydrogens is 324 g/mol. The van der Waals surface area contributed by atoms with Crippen molar-refractivity contribution in [1.82, 2.24) is 4.57 Å². The molecule has 2 aromatic carbocycles. The number of carbonyl (C=O) groups is 2. The van der Waals surface area contributed by atoms with Crippen LogP contribution in [0.4, 0.5) is 8.78 Å². The minimum Gasteiger partial charge on any atom is -0.339 e. The second kappa shape index (κ2) is 6.81. The van der Waals surface area contributed by atoms with Gasteiger partial charge in [0.15, 0.2) is 5.78 Å². The molecule has 0 aliphatic heterocycles. The molecule has 126 valence electrons. The number of Topliss-reactive ketones (excluding diaryl/α,β-unsaturated/α-hetero) is 1. The maximum Gasteiger partial charge on any atom is 0.215 e. The third-order valence-electron chi connectivity index (χ3n) is 4.04. The summed E-state index contributed by atoms with van der Waals surface area (Å²) in [5.74, 6) is -2.83. The quantitative estimate of drug-likeness (QED) is 0.660. The molecule has 0 spiro atoms. The highest BCUT2D eigenvalue weighted by Crippen LogP contribution is 2.19. The number of aromatic nitrogens is 1. The maximum absolute atomic E-state index is 13.8. The summed E-state index contributed by atoms with van der Waals surface area (Å²) >= 11 is 0. The molecule has 0 saturated heterocycles. The number of carbonyl (C=O) groups excluding carboxylic acids is 2. The average molecular weight is 339 g/mol. The molecule has 0 radical (unpaired) electrons. The smallest absolute Gasteiger partial charge is 0.215 e. The Hall–Kier alpha value is -3.08. The molecule has 3 rings (SSSR count). The summed E-state index contributed by atoms with van der Waals surface area (Å²) in [6.07, 6.45) is 0.181. The van der Waals surface area contributed by atoms with Gasteiger partial charge in [-0.2, -0.15) is 0 Å². The molecule has 0 unspecified atom stereocenters. The van der Waals surface area contributed by atoms with Gasteiger partial charge < -0.3 is 4.57 Å². The second-order valence-corrected chi connectivity index (χ2v) is 5.67. The minimum atomic E-state index is -0.927. The largest absolute Gasteiger partial charge is 0.339 e. The number of rotatable bonds is 5. The van der Waals surface area contributed by atoms with Crippen molar-refractivity contribution in [3.8, 4) is 0 Å². The van der Waals surface area contributed by atoms with E-state index in [1.165, 1.54) is 29.8 Å². The summed E-state index contributed by atoms with van der Waals surface area (Å²) in [5, 5.41) is 0. The predicted octanol–water partition coefficient (Wildman–Crippen LogP) is 3.96. The average Bonchev–Trinajstić information content (AvgIpc) is 2.97. The van der Waals surface area contributed by atoms with E-state index >= 15 is 0 Å². The molecule has 3 aromatic rings. The number of hydrogen-bond acceptors (Lipinski definition) is 2. The van der Waals surface area contributed by atoms with Gasteiger partial charge in [-0.1, -0.05) is 36.4 Å². The Balaban J connectivity index is 1.91. The van der Waals surface area contributed by atoms with Crippen LogP contribution in [0.25, 0.3) is 0 Å². The molecule has 0 saturated carbocycles. The monoisotopic (exact) mass is 339 g/mol. The van der Waals surface area contributed by atoms with Gasteiger partial charge in [0.05, 0.1) is 17.0 Å². The van der Waals surface area contributed by atoms with Crippen molar-refractivity contribution >= 4 is 11.6 Å². The van der Waals surface area contributed by atoms with Gasteiger partial charge in [-0.05, 0) is 29.8 Å². The number of halogens is 2. The van der Waals surface area contributed by atoms with Crippen molar-refractivity contribution in [3.63, 3.8) is 0 Å². The molecule has 0 aliphatic carbocycles. The SMILES string of the molecule is Cn1c(C(=O)Cc2ccccc2)ccc1C(=O)c1c(F)cccc1F. The third kappa shape index (κ3) is 3.26. The van der Waals surface area contributed by atoms with Gasteiger partial charge in [-0.25, -0.2) is 8.78 Å². The molecule has 0 fully saturated rings. The van der Waals surface area contributed by atoms with Crippen LogP contribution in [0, 0.1) is 11.6 Å². The van der Waals surface area contributed by atoms with E-state index in [4.69, 9.17) is 0 Å². The van der Waals surface area contributed by atoms with Gasteiger partial charge in [-0.3, -0.25) is 9.59 Å². The lowest BCUT2D eigenvalue weighted by Gasteiger charge is -2.08. The van der Waals surface area contributed by atoms with Crippen LogP contribution in [0.15, 0.2) is 60.7 Å². The fourth-order valence-corrected chi connectivity index (χ4v) is 2.73. The van der Waals surface area contributed by atoms with Crippen LogP contribution >= 0.6 is 0 Å². The van der Waals surface area contributed by atoms with Crippen LogP contribution in [-0.2, 0) is 13.5 Å². The first kappa shape index (κ1) is 16.8. The molecule has 0 amide bonds. The molecule has 5 heteroatoms. The fourth-order valence-electron chi connectivity index (χ4n) is 2.73. The van der Waals surface area contributed by atoms with Crippen molar-refractivity contribution in [2.45, 2.75) is 6.42 Å². The number of nitrogens with zero attached hydrogens (tertiary/aromatic N) is 1. The summed E-state index contributed by atoms with van der Waals surface area (Å²) < 4.78 is 29.0. The van der Waals surface area contributed by atoms with Crippen LogP contribution in [0.1, 0.15) is 32.1 Å². The first-order chi connectivity index (χ1) is 12.0. The lowest BCUT2D eigenvalue weighted by Crippen LogP contribution is -2.15. The molecule has 0 bridgehead atoms. The summed E-state index contributed by atoms with van der Waals surface area (Å²) in [7, 11) is 1.53. The lowest BCUT2D eigenvalue weighted by atomic mass is 10.1. The first-order valence-corrected chi connectivity index (χ1v) is 7.70. The fraction of sp³-hybridized carbons (Fsp3) is 0.100. The second-order valence-electron chi connectivity index (χ2n) is 5.67. The van der Waals surface area contributed by atoms with Crippen molar-refractivity contribution in [3.05, 3.63) is 94.8 Å². The van der Waals surface area contributed by atoms with Crippen molar-refractivity contribution in [2.24, 2.45) is 7.05 Å². The standard InChI is InChI=1S/C20H15F2NO2/c1-23-16(18(24)12-13-6-3-2-4-7-13)10-11-17(23)20(25)19-14(21)8-5-9-15(19)22/h2-11H,12H2,1H3. The summed E-state index contributed by atoms with van der Waals surface area (Å²) in [6, 6.07) is 15.4. The van der Waals surface area contributed by atoms with Gasteiger partial charge in [0.2, 0.25) is 5.78 Å². The highest BCUT2D eigenvalue weighted by Gasteiger charge is 2.23. The first-order valence-electron chi connectivity index (χ1n) is 7.70. The zero-order chi connectivity index (χ0) is 18.0. The van der Waals surface area contributed by atoms with E-state index in [1.807, 2.05) is 30.3 Å². The van der Waals surface area contributed by atoms with Crippen LogP contribution < -0.4 is 0 Å². The maximum atomic E-state index is 13.8. The molecule has 0 atom stereocenters. The van der Waals surface area contributed by atoms with E-state index in [-0.39, 0.29) is 17.9 Å². The zero-order valence-corrected chi connectivity index (χ0v) is 13.5. The molecule has 25 heavy (non-hydrogen) atoms. The molecular formula is C20H15F2NO2. The molecule has 3 nitrogen and oxygen atoms in total. The Morgan fingerprint density at radius 1 is 0.840 bits per heavy atom. The van der Waals surface area contributed by atoms with Gasteiger partial charge in [0.1, 0.15) is 11.6 Å². The Labute approximate surface area is 143 Å². The van der Waals surface area contributed by atoms with Crippen molar-refractivity contribution in [2.75, 3.05) is 0 Å². The normalized spacial score (nSPS) is 10.7. The van der Waals surface area contributed by atoms with E-state index in [0.29, 0.717) is 5.69 Å². The van der Waals surface area contributed by atoms with Crippen LogP contribution in [0.5, 0.6) is 0 Å². The van der Waals surface area contributed by atoms with E-state index in [1.54, 1.807) is 0 Å². The highest BCUT2D eigenvalue weighted by molar-refractivity contribution is 6.09. The Morgan fingerprint density at radius 3 is 2.08 bits per heavy atom.